The number of benzene rings is 1. The molecule has 0 spiro atoms. The van der Waals surface area contributed by atoms with Gasteiger partial charge in [-0.15, -0.1) is 0 Å². The first-order valence-corrected chi connectivity index (χ1v) is 7.16. The quantitative estimate of drug-likeness (QED) is 0.867. The molecule has 0 radical (unpaired) electrons. The average molecular weight is 267 g/mol. The Morgan fingerprint density at radius 1 is 1.16 bits per heavy atom. The molecule has 106 valence electrons. The summed E-state index contributed by atoms with van der Waals surface area (Å²) in [5.74, 6) is -0.985. The highest BCUT2D eigenvalue weighted by molar-refractivity contribution is 5.18. The predicted molar refractivity (Wildman–Crippen MR) is 74.1 cm³/mol. The zero-order valence-corrected chi connectivity index (χ0v) is 11.8. The van der Waals surface area contributed by atoms with Gasteiger partial charge in [-0.25, -0.2) is 8.78 Å². The average Bonchev–Trinajstić information content (AvgIpc) is 2.30. The molecule has 1 aromatic carbocycles. The highest BCUT2D eigenvalue weighted by Gasteiger charge is 2.31. The van der Waals surface area contributed by atoms with Crippen molar-refractivity contribution in [1.82, 2.24) is 5.32 Å². The first-order valence-electron chi connectivity index (χ1n) is 7.16. The fourth-order valence-electron chi connectivity index (χ4n) is 3.02. The normalized spacial score (nSPS) is 22.4. The minimum Gasteiger partial charge on any atom is -0.313 e. The van der Waals surface area contributed by atoms with Gasteiger partial charge >= 0.3 is 0 Å². The lowest BCUT2D eigenvalue weighted by Crippen LogP contribution is -2.44. The lowest BCUT2D eigenvalue weighted by atomic mass is 9.73. The molecule has 1 unspecified atom stereocenters. The second-order valence-electron chi connectivity index (χ2n) is 6.27. The number of rotatable bonds is 4. The largest absolute Gasteiger partial charge is 0.313 e. The van der Waals surface area contributed by atoms with Crippen LogP contribution in [0.25, 0.3) is 0 Å². The summed E-state index contributed by atoms with van der Waals surface area (Å²) in [5, 5.41) is 3.55. The third-order valence-electron chi connectivity index (χ3n) is 4.23. The van der Waals surface area contributed by atoms with Gasteiger partial charge in [-0.3, -0.25) is 0 Å². The fraction of sp³-hybridized carbons (Fsp3) is 0.625. The molecular weight excluding hydrogens is 244 g/mol. The standard InChI is InChI=1S/C16H23F2N/c1-16(2)7-4-3-5-15(16)19-8-6-12-9-13(17)11-14(18)10-12/h9-11,15,19H,3-8H2,1-2H3. The Hall–Kier alpha value is -0.960. The van der Waals surface area contributed by atoms with Crippen molar-refractivity contribution in [2.75, 3.05) is 6.54 Å². The van der Waals surface area contributed by atoms with E-state index in [0.717, 1.165) is 18.2 Å². The third-order valence-corrected chi connectivity index (χ3v) is 4.23. The molecule has 0 amide bonds. The van der Waals surface area contributed by atoms with Crippen molar-refractivity contribution < 1.29 is 8.78 Å². The topological polar surface area (TPSA) is 12.0 Å². The van der Waals surface area contributed by atoms with Gasteiger partial charge in [0.1, 0.15) is 11.6 Å². The van der Waals surface area contributed by atoms with Gasteiger partial charge in [-0.2, -0.15) is 0 Å². The van der Waals surface area contributed by atoms with E-state index in [1.807, 2.05) is 0 Å². The summed E-state index contributed by atoms with van der Waals surface area (Å²) in [7, 11) is 0. The Labute approximate surface area is 114 Å². The monoisotopic (exact) mass is 267 g/mol. The smallest absolute Gasteiger partial charge is 0.126 e. The van der Waals surface area contributed by atoms with Crippen LogP contribution in [0.1, 0.15) is 45.1 Å². The highest BCUT2D eigenvalue weighted by atomic mass is 19.1. The third kappa shape index (κ3) is 4.00. The molecule has 1 atom stereocenters. The number of hydrogen-bond acceptors (Lipinski definition) is 1. The summed E-state index contributed by atoms with van der Waals surface area (Å²) in [6, 6.07) is 4.26. The summed E-state index contributed by atoms with van der Waals surface area (Å²) in [4.78, 5) is 0. The lowest BCUT2D eigenvalue weighted by molar-refractivity contribution is 0.169. The van der Waals surface area contributed by atoms with Crippen LogP contribution < -0.4 is 5.32 Å². The molecule has 1 nitrogen and oxygen atoms in total. The maximum Gasteiger partial charge on any atom is 0.126 e. The van der Waals surface area contributed by atoms with Crippen LogP contribution in [0.4, 0.5) is 8.78 Å². The Balaban J connectivity index is 1.86. The van der Waals surface area contributed by atoms with E-state index in [2.05, 4.69) is 19.2 Å². The van der Waals surface area contributed by atoms with E-state index in [0.29, 0.717) is 17.9 Å². The van der Waals surface area contributed by atoms with Crippen molar-refractivity contribution in [2.24, 2.45) is 5.41 Å². The molecule has 0 aromatic heterocycles. The van der Waals surface area contributed by atoms with Crippen molar-refractivity contribution in [2.45, 2.75) is 52.0 Å². The molecule has 2 rings (SSSR count). The summed E-state index contributed by atoms with van der Waals surface area (Å²) < 4.78 is 26.1. The van der Waals surface area contributed by atoms with Crippen molar-refractivity contribution >= 4 is 0 Å². The second kappa shape index (κ2) is 6.00. The van der Waals surface area contributed by atoms with Gasteiger partial charge in [0.2, 0.25) is 0 Å². The van der Waals surface area contributed by atoms with Crippen molar-refractivity contribution in [3.63, 3.8) is 0 Å². The molecule has 1 fully saturated rings. The first kappa shape index (κ1) is 14.4. The van der Waals surface area contributed by atoms with Crippen LogP contribution in [0.5, 0.6) is 0 Å². The van der Waals surface area contributed by atoms with Gasteiger partial charge in [-0.1, -0.05) is 26.7 Å². The number of hydrogen-bond donors (Lipinski definition) is 1. The minimum absolute atomic E-state index is 0.325. The molecular formula is C16H23F2N. The zero-order valence-electron chi connectivity index (χ0n) is 11.8. The van der Waals surface area contributed by atoms with Crippen LogP contribution in [0.15, 0.2) is 18.2 Å². The summed E-state index contributed by atoms with van der Waals surface area (Å²) in [6.07, 6.45) is 5.70. The molecule has 0 heterocycles. The Bertz CT molecular complexity index is 409. The van der Waals surface area contributed by atoms with Crippen LogP contribution in [0.2, 0.25) is 0 Å². The van der Waals surface area contributed by atoms with Gasteiger partial charge < -0.3 is 5.32 Å². The Morgan fingerprint density at radius 3 is 2.47 bits per heavy atom. The molecule has 1 N–H and O–H groups in total. The first-order chi connectivity index (χ1) is 8.97. The maximum absolute atomic E-state index is 13.1. The van der Waals surface area contributed by atoms with Gasteiger partial charge in [0.25, 0.3) is 0 Å². The van der Waals surface area contributed by atoms with Gasteiger partial charge in [0, 0.05) is 12.1 Å². The molecule has 1 aliphatic rings. The molecule has 0 saturated heterocycles. The van der Waals surface area contributed by atoms with Crippen LogP contribution in [0, 0.1) is 17.0 Å². The van der Waals surface area contributed by atoms with Crippen LogP contribution in [0.3, 0.4) is 0 Å². The van der Waals surface area contributed by atoms with Crippen molar-refractivity contribution in [1.29, 1.82) is 0 Å². The lowest BCUT2D eigenvalue weighted by Gasteiger charge is -2.39. The molecule has 0 bridgehead atoms. The molecule has 1 aromatic rings. The highest BCUT2D eigenvalue weighted by Crippen LogP contribution is 2.35. The Morgan fingerprint density at radius 2 is 1.84 bits per heavy atom. The summed E-state index contributed by atoms with van der Waals surface area (Å²) in [5.41, 5.74) is 1.05. The van der Waals surface area contributed by atoms with E-state index in [1.165, 1.54) is 37.8 Å². The van der Waals surface area contributed by atoms with Gasteiger partial charge in [0.05, 0.1) is 0 Å². The van der Waals surface area contributed by atoms with E-state index >= 15 is 0 Å². The molecule has 0 aliphatic heterocycles. The second-order valence-corrected chi connectivity index (χ2v) is 6.27. The molecule has 1 aliphatic carbocycles. The summed E-state index contributed by atoms with van der Waals surface area (Å²) in [6.45, 7) is 5.37. The summed E-state index contributed by atoms with van der Waals surface area (Å²) >= 11 is 0. The van der Waals surface area contributed by atoms with Crippen LogP contribution in [-0.2, 0) is 6.42 Å². The SMILES string of the molecule is CC1(C)CCCCC1NCCc1cc(F)cc(F)c1. The van der Waals surface area contributed by atoms with E-state index < -0.39 is 11.6 Å². The number of halogens is 2. The molecule has 3 heteroatoms. The van der Waals surface area contributed by atoms with Crippen molar-refractivity contribution in [3.8, 4) is 0 Å². The van der Waals surface area contributed by atoms with Crippen LogP contribution >= 0.6 is 0 Å². The van der Waals surface area contributed by atoms with Crippen molar-refractivity contribution in [3.05, 3.63) is 35.4 Å². The fourth-order valence-corrected chi connectivity index (χ4v) is 3.02. The van der Waals surface area contributed by atoms with E-state index in [1.54, 1.807) is 0 Å². The molecule has 1 saturated carbocycles. The zero-order chi connectivity index (χ0) is 13.9. The van der Waals surface area contributed by atoms with Gasteiger partial charge in [0.15, 0.2) is 0 Å². The maximum atomic E-state index is 13.1. The van der Waals surface area contributed by atoms with E-state index in [-0.39, 0.29) is 0 Å². The molecule has 19 heavy (non-hydrogen) atoms. The van der Waals surface area contributed by atoms with E-state index in [9.17, 15) is 8.78 Å². The Kier molecular flexibility index (Phi) is 4.56. The van der Waals surface area contributed by atoms with E-state index in [4.69, 9.17) is 0 Å². The predicted octanol–water partition coefficient (Wildman–Crippen LogP) is 4.07. The number of nitrogens with one attached hydrogen (secondary N) is 1. The van der Waals surface area contributed by atoms with Crippen LogP contribution in [-0.4, -0.2) is 12.6 Å². The van der Waals surface area contributed by atoms with Gasteiger partial charge in [-0.05, 0) is 48.9 Å². The minimum atomic E-state index is -0.493.